The first kappa shape index (κ1) is 20.9. The van der Waals surface area contributed by atoms with E-state index in [1.807, 2.05) is 35.9 Å². The molecule has 4 aromatic heterocycles. The van der Waals surface area contributed by atoms with E-state index in [2.05, 4.69) is 31.2 Å². The maximum atomic E-state index is 9.10. The van der Waals surface area contributed by atoms with Crippen LogP contribution in [0.15, 0.2) is 49.1 Å². The van der Waals surface area contributed by atoms with Crippen LogP contribution >= 0.6 is 0 Å². The Labute approximate surface area is 200 Å². The van der Waals surface area contributed by atoms with Gasteiger partial charge in [-0.15, -0.1) is 0 Å². The zero-order valence-corrected chi connectivity index (χ0v) is 19.3. The number of ether oxygens (including phenoxy) is 1. The second-order valence-electron chi connectivity index (χ2n) is 8.55. The maximum absolute atomic E-state index is 9.10. The number of hydrogen-bond acceptors (Lipinski definition) is 8. The van der Waals surface area contributed by atoms with Gasteiger partial charge in [0.15, 0.2) is 17.2 Å². The number of methoxy groups -OCH3 is 1. The van der Waals surface area contributed by atoms with Crippen molar-refractivity contribution in [2.75, 3.05) is 7.11 Å². The molecule has 5 aromatic rings. The van der Waals surface area contributed by atoms with Crippen LogP contribution in [0.1, 0.15) is 41.4 Å². The second-order valence-corrected chi connectivity index (χ2v) is 8.55. The van der Waals surface area contributed by atoms with E-state index in [0.29, 0.717) is 29.9 Å². The van der Waals surface area contributed by atoms with Gasteiger partial charge in [0, 0.05) is 17.8 Å². The summed E-state index contributed by atoms with van der Waals surface area (Å²) in [6.45, 7) is 2.47. The monoisotopic (exact) mass is 463 g/mol. The zero-order valence-electron chi connectivity index (χ0n) is 19.3. The van der Waals surface area contributed by atoms with Crippen LogP contribution in [0.25, 0.3) is 28.1 Å². The van der Waals surface area contributed by atoms with Crippen LogP contribution in [-0.4, -0.2) is 46.6 Å². The predicted molar refractivity (Wildman–Crippen MR) is 127 cm³/mol. The summed E-state index contributed by atoms with van der Waals surface area (Å²) in [6.07, 6.45) is 7.28. The molecule has 6 rings (SSSR count). The van der Waals surface area contributed by atoms with Crippen molar-refractivity contribution in [2.45, 2.75) is 32.2 Å². The molecule has 0 spiro atoms. The Morgan fingerprint density at radius 2 is 1.94 bits per heavy atom. The summed E-state index contributed by atoms with van der Waals surface area (Å²) in [7, 11) is 1.60. The molecule has 1 aliphatic carbocycles. The second kappa shape index (κ2) is 8.29. The quantitative estimate of drug-likeness (QED) is 0.375. The molecule has 10 heteroatoms. The van der Waals surface area contributed by atoms with Crippen molar-refractivity contribution >= 4 is 11.0 Å². The first-order chi connectivity index (χ1) is 17.1. The van der Waals surface area contributed by atoms with Gasteiger partial charge < -0.3 is 4.74 Å². The lowest BCUT2D eigenvalue weighted by Crippen LogP contribution is -2.06. The van der Waals surface area contributed by atoms with E-state index in [9.17, 15) is 0 Å². The molecule has 172 valence electrons. The van der Waals surface area contributed by atoms with Crippen molar-refractivity contribution in [3.63, 3.8) is 0 Å². The summed E-state index contributed by atoms with van der Waals surface area (Å²) in [4.78, 5) is 18.2. The molecular weight excluding hydrogens is 442 g/mol. The van der Waals surface area contributed by atoms with Crippen molar-refractivity contribution in [1.82, 2.24) is 39.5 Å². The fraction of sp³-hybridized carbons (Fsp3) is 0.240. The molecule has 0 radical (unpaired) electrons. The minimum Gasteiger partial charge on any atom is -0.480 e. The Balaban J connectivity index is 1.33. The molecule has 1 aliphatic rings. The molecule has 0 saturated heterocycles. The molecule has 0 amide bonds. The van der Waals surface area contributed by atoms with E-state index in [-0.39, 0.29) is 0 Å². The minimum absolute atomic E-state index is 0.396. The molecule has 0 N–H and O–H groups in total. The van der Waals surface area contributed by atoms with Crippen molar-refractivity contribution in [3.8, 4) is 29.0 Å². The molecule has 35 heavy (non-hydrogen) atoms. The third-order valence-corrected chi connectivity index (χ3v) is 6.11. The Morgan fingerprint density at radius 1 is 1.11 bits per heavy atom. The molecule has 0 atom stereocenters. The number of nitrogens with zero attached hydrogens (tertiary/aromatic N) is 9. The molecule has 10 nitrogen and oxygen atoms in total. The van der Waals surface area contributed by atoms with Crippen molar-refractivity contribution in [3.05, 3.63) is 71.7 Å². The summed E-state index contributed by atoms with van der Waals surface area (Å²) in [5, 5.41) is 18.8. The molecule has 1 aromatic carbocycles. The van der Waals surface area contributed by atoms with E-state index in [1.54, 1.807) is 30.3 Å². The van der Waals surface area contributed by atoms with Crippen LogP contribution in [0, 0.1) is 18.3 Å². The molecule has 1 saturated carbocycles. The van der Waals surface area contributed by atoms with Crippen LogP contribution in [0.4, 0.5) is 0 Å². The highest BCUT2D eigenvalue weighted by Gasteiger charge is 2.31. The van der Waals surface area contributed by atoms with Gasteiger partial charge in [-0.3, -0.25) is 0 Å². The molecule has 1 fully saturated rings. The smallest absolute Gasteiger partial charge is 0.227 e. The van der Waals surface area contributed by atoms with Gasteiger partial charge in [-0.25, -0.2) is 29.3 Å². The molecule has 4 heterocycles. The minimum atomic E-state index is 0.396. The highest BCUT2D eigenvalue weighted by Crippen LogP contribution is 2.44. The summed E-state index contributed by atoms with van der Waals surface area (Å²) < 4.78 is 9.14. The van der Waals surface area contributed by atoms with Gasteiger partial charge in [-0.2, -0.15) is 15.5 Å². The van der Waals surface area contributed by atoms with Gasteiger partial charge in [-0.1, -0.05) is 12.1 Å². The number of nitriles is 1. The standard InChI is InChI=1S/C25H21N9O/c1-15-9-19(10-26)32-34(15)20-7-3-16(4-8-20)13-33-24-18(12-30-33)11-27-23(31-24)21-22(17-5-6-17)28-14-29-25(21)35-2/h3-4,7-9,11-12,14,17H,5-6,13H2,1-2H3. The highest BCUT2D eigenvalue weighted by molar-refractivity contribution is 5.77. The van der Waals surface area contributed by atoms with E-state index >= 15 is 0 Å². The Kier molecular flexibility index (Phi) is 4.95. The van der Waals surface area contributed by atoms with Gasteiger partial charge in [-0.05, 0) is 43.5 Å². The van der Waals surface area contributed by atoms with Crippen molar-refractivity contribution in [2.24, 2.45) is 0 Å². The lowest BCUT2D eigenvalue weighted by molar-refractivity contribution is 0.397. The number of aryl methyl sites for hydroxylation is 1. The van der Waals surface area contributed by atoms with Crippen LogP contribution < -0.4 is 4.74 Å². The van der Waals surface area contributed by atoms with Crippen molar-refractivity contribution < 1.29 is 4.74 Å². The molecular formula is C25H21N9O. The van der Waals surface area contributed by atoms with E-state index in [4.69, 9.17) is 15.0 Å². The first-order valence-corrected chi connectivity index (χ1v) is 11.3. The normalized spacial score (nSPS) is 13.2. The summed E-state index contributed by atoms with van der Waals surface area (Å²) in [5.74, 6) is 1.42. The first-order valence-electron chi connectivity index (χ1n) is 11.3. The predicted octanol–water partition coefficient (Wildman–Crippen LogP) is 3.58. The highest BCUT2D eigenvalue weighted by atomic mass is 16.5. The van der Waals surface area contributed by atoms with Crippen LogP contribution in [0.3, 0.4) is 0 Å². The number of fused-ring (bicyclic) bond motifs is 1. The van der Waals surface area contributed by atoms with Gasteiger partial charge >= 0.3 is 0 Å². The fourth-order valence-electron chi connectivity index (χ4n) is 4.22. The maximum Gasteiger partial charge on any atom is 0.227 e. The van der Waals surface area contributed by atoms with E-state index in [0.717, 1.165) is 52.1 Å². The Morgan fingerprint density at radius 3 is 2.66 bits per heavy atom. The largest absolute Gasteiger partial charge is 0.480 e. The third kappa shape index (κ3) is 3.77. The van der Waals surface area contributed by atoms with Gasteiger partial charge in [0.1, 0.15) is 18.0 Å². The number of rotatable bonds is 6. The van der Waals surface area contributed by atoms with Crippen LogP contribution in [0.5, 0.6) is 5.88 Å². The number of aromatic nitrogens is 8. The summed E-state index contributed by atoms with van der Waals surface area (Å²) in [5.41, 5.74) is 5.68. The molecule has 0 unspecified atom stereocenters. The SMILES string of the molecule is COc1ncnc(C2CC2)c1-c1ncc2cnn(Cc3ccc(-n4nc(C#N)cc4C)cc3)c2n1. The van der Waals surface area contributed by atoms with Gasteiger partial charge in [0.25, 0.3) is 0 Å². The van der Waals surface area contributed by atoms with Gasteiger partial charge in [0.2, 0.25) is 5.88 Å². The Hall–Kier alpha value is -4.65. The molecule has 0 aliphatic heterocycles. The average Bonchev–Trinajstić information content (AvgIpc) is 3.57. The van der Waals surface area contributed by atoms with Crippen molar-refractivity contribution in [1.29, 1.82) is 5.26 Å². The molecule has 0 bridgehead atoms. The van der Waals surface area contributed by atoms with Crippen LogP contribution in [-0.2, 0) is 6.54 Å². The number of benzene rings is 1. The van der Waals surface area contributed by atoms with E-state index < -0.39 is 0 Å². The lowest BCUT2D eigenvalue weighted by atomic mass is 10.1. The van der Waals surface area contributed by atoms with Gasteiger partial charge in [0.05, 0.1) is 36.6 Å². The lowest BCUT2D eigenvalue weighted by Gasteiger charge is -2.11. The van der Waals surface area contributed by atoms with E-state index in [1.165, 1.54) is 6.33 Å². The number of hydrogen-bond donors (Lipinski definition) is 0. The fourth-order valence-corrected chi connectivity index (χ4v) is 4.22. The summed E-state index contributed by atoms with van der Waals surface area (Å²) >= 11 is 0. The third-order valence-electron chi connectivity index (χ3n) is 6.11. The summed E-state index contributed by atoms with van der Waals surface area (Å²) in [6, 6.07) is 11.9. The topological polar surface area (TPSA) is 120 Å². The average molecular weight is 464 g/mol. The van der Waals surface area contributed by atoms with Crippen LogP contribution in [0.2, 0.25) is 0 Å². The zero-order chi connectivity index (χ0) is 23.9. The Bertz CT molecular complexity index is 1590.